The standard InChI is InChI=1S/C17H19N5O/c23-17(14-3-7-19-20-11-14)22-9-5-15-16(22)4-8-21(15)12-13-2-1-6-18-10-13/h1-3,6-7,10-11,15-16H,4-5,8-9,12H2/t15-,16+/m1/s1. The van der Waals surface area contributed by atoms with Crippen LogP contribution in [0.2, 0.25) is 0 Å². The number of carbonyl (C=O) groups is 1. The first-order chi connectivity index (χ1) is 11.3. The fourth-order valence-corrected chi connectivity index (χ4v) is 3.83. The Morgan fingerprint density at radius 1 is 1.09 bits per heavy atom. The molecule has 2 saturated heterocycles. The van der Waals surface area contributed by atoms with Crippen LogP contribution in [0.5, 0.6) is 0 Å². The number of likely N-dealkylation sites (tertiary alicyclic amines) is 2. The molecule has 2 atom stereocenters. The van der Waals surface area contributed by atoms with Crippen LogP contribution in [0.15, 0.2) is 43.0 Å². The van der Waals surface area contributed by atoms with E-state index in [2.05, 4.69) is 26.1 Å². The van der Waals surface area contributed by atoms with Gasteiger partial charge >= 0.3 is 0 Å². The molecule has 1 amide bonds. The van der Waals surface area contributed by atoms with Crippen LogP contribution in [0.25, 0.3) is 0 Å². The number of pyridine rings is 1. The van der Waals surface area contributed by atoms with Gasteiger partial charge in [0.15, 0.2) is 0 Å². The molecule has 0 aliphatic carbocycles. The summed E-state index contributed by atoms with van der Waals surface area (Å²) in [5.41, 5.74) is 1.86. The van der Waals surface area contributed by atoms with E-state index in [9.17, 15) is 4.79 Å². The molecule has 2 aliphatic rings. The van der Waals surface area contributed by atoms with Crippen molar-refractivity contribution in [3.8, 4) is 0 Å². The number of hydrogen-bond donors (Lipinski definition) is 0. The topological polar surface area (TPSA) is 62.2 Å². The minimum Gasteiger partial charge on any atom is -0.334 e. The van der Waals surface area contributed by atoms with Gasteiger partial charge in [0, 0.05) is 44.1 Å². The highest BCUT2D eigenvalue weighted by atomic mass is 16.2. The molecule has 0 saturated carbocycles. The van der Waals surface area contributed by atoms with Gasteiger partial charge in [-0.3, -0.25) is 14.7 Å². The van der Waals surface area contributed by atoms with Gasteiger partial charge in [-0.15, -0.1) is 0 Å². The summed E-state index contributed by atoms with van der Waals surface area (Å²) in [5.74, 6) is 0.0793. The molecule has 0 bridgehead atoms. The number of carbonyl (C=O) groups excluding carboxylic acids is 1. The van der Waals surface area contributed by atoms with Crippen LogP contribution in [-0.4, -0.2) is 56.1 Å². The minimum absolute atomic E-state index is 0.0793. The summed E-state index contributed by atoms with van der Waals surface area (Å²) in [7, 11) is 0. The first-order valence-electron chi connectivity index (χ1n) is 8.03. The molecule has 2 aliphatic heterocycles. The van der Waals surface area contributed by atoms with Crippen molar-refractivity contribution >= 4 is 5.91 Å². The molecule has 4 heterocycles. The minimum atomic E-state index is 0.0793. The van der Waals surface area contributed by atoms with Crippen molar-refractivity contribution in [2.45, 2.75) is 31.5 Å². The molecule has 4 rings (SSSR count). The molecule has 2 fully saturated rings. The smallest absolute Gasteiger partial charge is 0.255 e. The van der Waals surface area contributed by atoms with Crippen molar-refractivity contribution in [3.63, 3.8) is 0 Å². The van der Waals surface area contributed by atoms with Crippen LogP contribution < -0.4 is 0 Å². The SMILES string of the molecule is O=C(c1ccnnc1)N1CC[C@@H]2[C@@H]1CCN2Cc1cccnc1. The van der Waals surface area contributed by atoms with E-state index in [0.29, 0.717) is 17.6 Å². The summed E-state index contributed by atoms with van der Waals surface area (Å²) in [6.07, 6.45) is 8.93. The molecule has 2 aromatic rings. The third-order valence-corrected chi connectivity index (χ3v) is 4.89. The molecule has 0 N–H and O–H groups in total. The zero-order valence-electron chi connectivity index (χ0n) is 12.9. The van der Waals surface area contributed by atoms with Gasteiger partial charge in [-0.25, -0.2) is 0 Å². The van der Waals surface area contributed by atoms with Crippen molar-refractivity contribution in [1.29, 1.82) is 0 Å². The van der Waals surface area contributed by atoms with Crippen LogP contribution in [0, 0.1) is 0 Å². The number of fused-ring (bicyclic) bond motifs is 1. The average molecular weight is 309 g/mol. The molecule has 2 aromatic heterocycles. The normalized spacial score (nSPS) is 23.9. The Balaban J connectivity index is 1.47. The van der Waals surface area contributed by atoms with E-state index in [4.69, 9.17) is 0 Å². The Bertz CT molecular complexity index is 678. The first kappa shape index (κ1) is 14.3. The van der Waals surface area contributed by atoms with Crippen LogP contribution in [0.4, 0.5) is 0 Å². The average Bonchev–Trinajstić information content (AvgIpc) is 3.19. The fraction of sp³-hybridized carbons (Fsp3) is 0.412. The van der Waals surface area contributed by atoms with E-state index in [1.54, 1.807) is 24.7 Å². The van der Waals surface area contributed by atoms with Crippen molar-refractivity contribution in [2.75, 3.05) is 13.1 Å². The fourth-order valence-electron chi connectivity index (χ4n) is 3.83. The van der Waals surface area contributed by atoms with E-state index >= 15 is 0 Å². The molecule has 6 heteroatoms. The molecular formula is C17H19N5O. The van der Waals surface area contributed by atoms with E-state index in [1.165, 1.54) is 5.56 Å². The number of nitrogens with zero attached hydrogens (tertiary/aromatic N) is 5. The third kappa shape index (κ3) is 2.70. The zero-order valence-corrected chi connectivity index (χ0v) is 12.9. The Hall–Kier alpha value is -2.34. The predicted molar refractivity (Wildman–Crippen MR) is 84.5 cm³/mol. The molecule has 23 heavy (non-hydrogen) atoms. The maximum atomic E-state index is 12.7. The van der Waals surface area contributed by atoms with Crippen LogP contribution in [0.3, 0.4) is 0 Å². The highest BCUT2D eigenvalue weighted by Gasteiger charge is 2.44. The van der Waals surface area contributed by atoms with E-state index < -0.39 is 0 Å². The van der Waals surface area contributed by atoms with Gasteiger partial charge in [-0.1, -0.05) is 6.07 Å². The second-order valence-electron chi connectivity index (χ2n) is 6.17. The molecule has 118 valence electrons. The first-order valence-corrected chi connectivity index (χ1v) is 8.03. The highest BCUT2D eigenvalue weighted by molar-refractivity contribution is 5.94. The number of hydrogen-bond acceptors (Lipinski definition) is 5. The van der Waals surface area contributed by atoms with Crippen LogP contribution >= 0.6 is 0 Å². The van der Waals surface area contributed by atoms with Crippen LogP contribution in [-0.2, 0) is 6.54 Å². The van der Waals surface area contributed by atoms with E-state index in [-0.39, 0.29) is 5.91 Å². The maximum absolute atomic E-state index is 12.7. The monoisotopic (exact) mass is 309 g/mol. The van der Waals surface area contributed by atoms with Gasteiger partial charge in [0.05, 0.1) is 18.0 Å². The summed E-state index contributed by atoms with van der Waals surface area (Å²) in [6.45, 7) is 2.76. The van der Waals surface area contributed by atoms with Gasteiger partial charge < -0.3 is 4.90 Å². The zero-order chi connectivity index (χ0) is 15.6. The number of rotatable bonds is 3. The van der Waals surface area contributed by atoms with Crippen molar-refractivity contribution in [3.05, 3.63) is 54.1 Å². The van der Waals surface area contributed by atoms with Gasteiger partial charge in [-0.2, -0.15) is 10.2 Å². The third-order valence-electron chi connectivity index (χ3n) is 4.89. The summed E-state index contributed by atoms with van der Waals surface area (Å²) < 4.78 is 0. The lowest BCUT2D eigenvalue weighted by molar-refractivity contribution is 0.0731. The van der Waals surface area contributed by atoms with Gasteiger partial charge in [-0.05, 0) is 30.5 Å². The highest BCUT2D eigenvalue weighted by Crippen LogP contribution is 2.33. The summed E-state index contributed by atoms with van der Waals surface area (Å²) >= 11 is 0. The Morgan fingerprint density at radius 2 is 2.00 bits per heavy atom. The summed E-state index contributed by atoms with van der Waals surface area (Å²) in [6, 6.07) is 6.59. The molecule has 0 spiro atoms. The van der Waals surface area contributed by atoms with Gasteiger partial charge in [0.1, 0.15) is 0 Å². The van der Waals surface area contributed by atoms with E-state index in [0.717, 1.165) is 32.5 Å². The lowest BCUT2D eigenvalue weighted by Gasteiger charge is -2.25. The lowest BCUT2D eigenvalue weighted by Crippen LogP contribution is -2.39. The Kier molecular flexibility index (Phi) is 3.75. The lowest BCUT2D eigenvalue weighted by atomic mass is 10.1. The Morgan fingerprint density at radius 3 is 2.78 bits per heavy atom. The predicted octanol–water partition coefficient (Wildman–Crippen LogP) is 1.36. The van der Waals surface area contributed by atoms with Gasteiger partial charge in [0.25, 0.3) is 5.91 Å². The second-order valence-corrected chi connectivity index (χ2v) is 6.17. The summed E-state index contributed by atoms with van der Waals surface area (Å²) in [5, 5.41) is 7.56. The molecule has 6 nitrogen and oxygen atoms in total. The maximum Gasteiger partial charge on any atom is 0.255 e. The Labute approximate surface area is 135 Å². The number of aromatic nitrogens is 3. The summed E-state index contributed by atoms with van der Waals surface area (Å²) in [4.78, 5) is 21.4. The van der Waals surface area contributed by atoms with E-state index in [1.807, 2.05) is 17.2 Å². The van der Waals surface area contributed by atoms with Crippen molar-refractivity contribution < 1.29 is 4.79 Å². The molecule has 0 unspecified atom stereocenters. The molecule has 0 aromatic carbocycles. The molecule has 0 radical (unpaired) electrons. The largest absolute Gasteiger partial charge is 0.334 e. The van der Waals surface area contributed by atoms with Crippen molar-refractivity contribution in [2.24, 2.45) is 0 Å². The quantitative estimate of drug-likeness (QED) is 0.857. The number of amides is 1. The van der Waals surface area contributed by atoms with Gasteiger partial charge in [0.2, 0.25) is 0 Å². The second kappa shape index (κ2) is 6.04. The van der Waals surface area contributed by atoms with Crippen molar-refractivity contribution in [1.82, 2.24) is 25.0 Å². The van der Waals surface area contributed by atoms with Crippen LogP contribution in [0.1, 0.15) is 28.8 Å². The molecular weight excluding hydrogens is 290 g/mol.